The molecule has 0 amide bonds. The molecule has 5 unspecified atom stereocenters. The van der Waals surface area contributed by atoms with Gasteiger partial charge < -0.3 is 10.8 Å². The fourth-order valence-electron chi connectivity index (χ4n) is 4.02. The zero-order valence-corrected chi connectivity index (χ0v) is 13.5. The highest BCUT2D eigenvalue weighted by atomic mass is 16.3. The molecule has 1 aromatic carbocycles. The van der Waals surface area contributed by atoms with Crippen molar-refractivity contribution in [2.75, 3.05) is 6.54 Å². The predicted octanol–water partition coefficient (Wildman–Crippen LogP) is 1.66. The van der Waals surface area contributed by atoms with E-state index in [2.05, 4.69) is 57.1 Å². The van der Waals surface area contributed by atoms with Crippen LogP contribution in [-0.2, 0) is 6.54 Å². The number of allylic oxidation sites excluding steroid dienone is 2. The van der Waals surface area contributed by atoms with Gasteiger partial charge in [0.2, 0.25) is 0 Å². The highest BCUT2D eigenvalue weighted by molar-refractivity contribution is 5.35. The van der Waals surface area contributed by atoms with Gasteiger partial charge in [0.25, 0.3) is 0 Å². The zero-order valence-electron chi connectivity index (χ0n) is 13.5. The maximum absolute atomic E-state index is 10.7. The Kier molecular flexibility index (Phi) is 4.18. The molecule has 24 heavy (non-hydrogen) atoms. The Morgan fingerprint density at radius 1 is 1.29 bits per heavy atom. The van der Waals surface area contributed by atoms with Crippen molar-refractivity contribution in [2.45, 2.75) is 37.3 Å². The van der Waals surface area contributed by atoms with Crippen molar-refractivity contribution in [3.8, 4) is 0 Å². The molecule has 4 rings (SSSR count). The molecule has 6 nitrogen and oxygen atoms in total. The summed E-state index contributed by atoms with van der Waals surface area (Å²) in [6.45, 7) is 1.14. The van der Waals surface area contributed by atoms with Gasteiger partial charge in [-0.2, -0.15) is 5.11 Å². The molecule has 5 atom stereocenters. The van der Waals surface area contributed by atoms with E-state index in [1.807, 2.05) is 12.1 Å². The molecule has 3 aliphatic rings. The molecular weight excluding hydrogens is 302 g/mol. The van der Waals surface area contributed by atoms with E-state index < -0.39 is 6.23 Å². The molecule has 2 heterocycles. The maximum Gasteiger partial charge on any atom is 0.121 e. The van der Waals surface area contributed by atoms with Gasteiger partial charge in [-0.25, -0.2) is 0 Å². The third-order valence-electron chi connectivity index (χ3n) is 5.21. The van der Waals surface area contributed by atoms with Crippen LogP contribution >= 0.6 is 0 Å². The van der Waals surface area contributed by atoms with Crippen LogP contribution < -0.4 is 11.2 Å². The van der Waals surface area contributed by atoms with Gasteiger partial charge in [0.05, 0.1) is 6.04 Å². The van der Waals surface area contributed by atoms with Gasteiger partial charge in [-0.1, -0.05) is 53.8 Å². The second-order valence-corrected chi connectivity index (χ2v) is 6.58. The molecule has 6 heteroatoms. The number of hydrogen-bond acceptors (Lipinski definition) is 6. The summed E-state index contributed by atoms with van der Waals surface area (Å²) in [4.78, 5) is 2.15. The summed E-state index contributed by atoms with van der Waals surface area (Å²) in [6.07, 6.45) is 8.46. The lowest BCUT2D eigenvalue weighted by molar-refractivity contribution is -0.0384. The van der Waals surface area contributed by atoms with Gasteiger partial charge in [-0.3, -0.25) is 10.3 Å². The number of rotatable bonds is 3. The van der Waals surface area contributed by atoms with Gasteiger partial charge in [-0.15, -0.1) is 0 Å². The quantitative estimate of drug-likeness (QED) is 0.789. The van der Waals surface area contributed by atoms with Crippen molar-refractivity contribution in [2.24, 2.45) is 22.0 Å². The molecule has 2 aliphatic heterocycles. The Morgan fingerprint density at radius 3 is 3.00 bits per heavy atom. The summed E-state index contributed by atoms with van der Waals surface area (Å²) in [5.41, 5.74) is 11.3. The Balaban J connectivity index is 1.79. The minimum absolute atomic E-state index is 0.0126. The van der Waals surface area contributed by atoms with Crippen molar-refractivity contribution < 1.29 is 5.11 Å². The molecule has 0 aromatic heterocycles. The summed E-state index contributed by atoms with van der Waals surface area (Å²) in [5.74, 6) is 0.191. The van der Waals surface area contributed by atoms with Crippen molar-refractivity contribution in [3.05, 3.63) is 59.7 Å². The minimum atomic E-state index is -0.571. The molecule has 0 saturated carbocycles. The molecule has 1 aromatic rings. The van der Waals surface area contributed by atoms with Crippen molar-refractivity contribution in [1.82, 2.24) is 10.3 Å². The average molecular weight is 325 g/mol. The predicted molar refractivity (Wildman–Crippen MR) is 91.7 cm³/mol. The Labute approximate surface area is 141 Å². The van der Waals surface area contributed by atoms with Crippen LogP contribution in [0.1, 0.15) is 23.6 Å². The number of benzene rings is 1. The lowest BCUT2D eigenvalue weighted by Gasteiger charge is -2.43. The smallest absolute Gasteiger partial charge is 0.121 e. The van der Waals surface area contributed by atoms with Crippen LogP contribution in [0.4, 0.5) is 0 Å². The third-order valence-corrected chi connectivity index (χ3v) is 5.21. The van der Waals surface area contributed by atoms with Crippen LogP contribution in [-0.4, -0.2) is 34.9 Å². The van der Waals surface area contributed by atoms with Crippen molar-refractivity contribution in [1.29, 1.82) is 0 Å². The fourth-order valence-corrected chi connectivity index (χ4v) is 4.02. The first kappa shape index (κ1) is 15.5. The van der Waals surface area contributed by atoms with E-state index in [-0.39, 0.29) is 24.0 Å². The molecular formula is C18H23N5O. The number of fused-ring (bicyclic) bond motifs is 5. The van der Waals surface area contributed by atoms with Crippen LogP contribution in [0.3, 0.4) is 0 Å². The second-order valence-electron chi connectivity index (χ2n) is 6.58. The SMILES string of the molecule is NCCC(O)N1Cc2ccccc2C2N=NNC2C2C=CC=CC21. The fraction of sp³-hybridized carbons (Fsp3) is 0.444. The van der Waals surface area contributed by atoms with E-state index in [4.69, 9.17) is 5.73 Å². The number of aliphatic hydroxyl groups excluding tert-OH is 1. The molecule has 126 valence electrons. The summed E-state index contributed by atoms with van der Waals surface area (Å²) in [7, 11) is 0. The highest BCUT2D eigenvalue weighted by Crippen LogP contribution is 2.39. The normalized spacial score (nSPS) is 32.2. The van der Waals surface area contributed by atoms with Crippen LogP contribution in [0.15, 0.2) is 58.9 Å². The molecule has 0 bridgehead atoms. The Morgan fingerprint density at radius 2 is 2.12 bits per heavy atom. The minimum Gasteiger partial charge on any atom is -0.378 e. The van der Waals surface area contributed by atoms with E-state index in [1.165, 1.54) is 11.1 Å². The highest BCUT2D eigenvalue weighted by Gasteiger charge is 2.43. The van der Waals surface area contributed by atoms with Crippen LogP contribution in [0, 0.1) is 5.92 Å². The number of nitrogens with one attached hydrogen (secondary N) is 1. The van der Waals surface area contributed by atoms with Gasteiger partial charge in [0.1, 0.15) is 12.3 Å². The number of hydrogen-bond donors (Lipinski definition) is 3. The maximum atomic E-state index is 10.7. The topological polar surface area (TPSA) is 86.2 Å². The first-order valence-corrected chi connectivity index (χ1v) is 8.51. The van der Waals surface area contributed by atoms with E-state index >= 15 is 0 Å². The standard InChI is InChI=1S/C18H23N5O/c19-10-9-16(24)23-11-12-5-1-2-6-13(12)17-18(21-22-20-17)14-7-3-4-8-15(14)23/h1-8,14-18,24H,9-11,19H2,(H,20,21). The lowest BCUT2D eigenvalue weighted by Crippen LogP contribution is -2.53. The van der Waals surface area contributed by atoms with Gasteiger partial charge in [-0.05, 0) is 24.1 Å². The first-order chi connectivity index (χ1) is 11.8. The number of nitrogens with two attached hydrogens (primary N) is 1. The lowest BCUT2D eigenvalue weighted by atomic mass is 9.79. The van der Waals surface area contributed by atoms with Crippen molar-refractivity contribution in [3.63, 3.8) is 0 Å². The largest absolute Gasteiger partial charge is 0.378 e. The van der Waals surface area contributed by atoms with Gasteiger partial charge >= 0.3 is 0 Å². The zero-order chi connectivity index (χ0) is 16.5. The van der Waals surface area contributed by atoms with Crippen molar-refractivity contribution >= 4 is 0 Å². The molecule has 0 spiro atoms. The van der Waals surface area contributed by atoms with E-state index in [1.54, 1.807) is 0 Å². The van der Waals surface area contributed by atoms with Gasteiger partial charge in [0.15, 0.2) is 0 Å². The first-order valence-electron chi connectivity index (χ1n) is 8.51. The van der Waals surface area contributed by atoms with Crippen LogP contribution in [0.5, 0.6) is 0 Å². The Bertz CT molecular complexity index is 686. The monoisotopic (exact) mass is 325 g/mol. The summed E-state index contributed by atoms with van der Waals surface area (Å²) in [5, 5.41) is 19.3. The average Bonchev–Trinajstić information content (AvgIpc) is 3.08. The molecule has 1 aliphatic carbocycles. The molecule has 0 fully saturated rings. The van der Waals surface area contributed by atoms with Crippen LogP contribution in [0.2, 0.25) is 0 Å². The molecule has 0 radical (unpaired) electrons. The number of nitrogens with zero attached hydrogens (tertiary/aromatic N) is 3. The second kappa shape index (κ2) is 6.47. The summed E-state index contributed by atoms with van der Waals surface area (Å²) >= 11 is 0. The molecule has 4 N–H and O–H groups in total. The molecule has 0 saturated heterocycles. The van der Waals surface area contributed by atoms with Gasteiger partial charge in [0, 0.05) is 18.5 Å². The van der Waals surface area contributed by atoms with E-state index in [0.29, 0.717) is 19.5 Å². The van der Waals surface area contributed by atoms with E-state index in [9.17, 15) is 5.11 Å². The summed E-state index contributed by atoms with van der Waals surface area (Å²) in [6, 6.07) is 8.51. The van der Waals surface area contributed by atoms with Crippen LogP contribution in [0.25, 0.3) is 0 Å². The third kappa shape index (κ3) is 2.56. The number of aliphatic hydroxyl groups is 1. The summed E-state index contributed by atoms with van der Waals surface area (Å²) < 4.78 is 0. The Hall–Kier alpha value is -2.02. The van der Waals surface area contributed by atoms with E-state index in [0.717, 1.165) is 0 Å².